The number of morpholine rings is 1. The lowest BCUT2D eigenvalue weighted by Gasteiger charge is -2.36. The van der Waals surface area contributed by atoms with Gasteiger partial charge in [-0.1, -0.05) is 6.07 Å². The average Bonchev–Trinajstić information content (AvgIpc) is 3.07. The Balaban J connectivity index is 0.00000156. The van der Waals surface area contributed by atoms with Gasteiger partial charge in [0.25, 0.3) is 0 Å². The summed E-state index contributed by atoms with van der Waals surface area (Å²) in [6, 6.07) is 4.07. The van der Waals surface area contributed by atoms with Gasteiger partial charge in [0.05, 0.1) is 18.1 Å². The van der Waals surface area contributed by atoms with Gasteiger partial charge in [-0.25, -0.2) is 4.98 Å². The Kier molecular flexibility index (Phi) is 8.93. The molecule has 8 heteroatoms. The minimum Gasteiger partial charge on any atom is -0.372 e. The number of rotatable bonds is 4. The van der Waals surface area contributed by atoms with E-state index in [4.69, 9.17) is 4.74 Å². The molecule has 0 saturated carbocycles. The van der Waals surface area contributed by atoms with Crippen molar-refractivity contribution in [2.75, 3.05) is 31.1 Å². The first kappa shape index (κ1) is 22.0. The number of nitrogens with one attached hydrogen (secondary N) is 2. The van der Waals surface area contributed by atoms with Crippen molar-refractivity contribution >= 4 is 36.5 Å². The minimum atomic E-state index is 0. The Bertz CT molecular complexity index is 528. The number of nitrogens with zero attached hydrogens (tertiary/aromatic N) is 2. The van der Waals surface area contributed by atoms with Crippen LogP contribution in [0.1, 0.15) is 25.8 Å². The van der Waals surface area contributed by atoms with Gasteiger partial charge in [0.2, 0.25) is 5.91 Å². The molecule has 2 N–H and O–H groups in total. The third kappa shape index (κ3) is 5.99. The number of aromatic nitrogens is 1. The molecule has 0 spiro atoms. The van der Waals surface area contributed by atoms with Crippen molar-refractivity contribution in [2.24, 2.45) is 5.92 Å². The van der Waals surface area contributed by atoms with Crippen LogP contribution < -0.4 is 15.5 Å². The molecule has 0 aliphatic carbocycles. The van der Waals surface area contributed by atoms with Crippen molar-refractivity contribution in [1.82, 2.24) is 15.6 Å². The van der Waals surface area contributed by atoms with E-state index in [-0.39, 0.29) is 48.8 Å². The number of pyridine rings is 1. The lowest BCUT2D eigenvalue weighted by atomic mass is 10.1. The molecular formula is C17H28Cl2N4O2. The van der Waals surface area contributed by atoms with Crippen molar-refractivity contribution in [3.8, 4) is 0 Å². The first-order chi connectivity index (χ1) is 11.1. The summed E-state index contributed by atoms with van der Waals surface area (Å²) in [5.74, 6) is 1.22. The molecule has 0 aromatic carbocycles. The van der Waals surface area contributed by atoms with Crippen LogP contribution in [0.15, 0.2) is 18.3 Å². The van der Waals surface area contributed by atoms with E-state index in [9.17, 15) is 4.79 Å². The molecule has 6 nitrogen and oxygen atoms in total. The summed E-state index contributed by atoms with van der Waals surface area (Å²) in [4.78, 5) is 18.8. The van der Waals surface area contributed by atoms with Crippen molar-refractivity contribution < 1.29 is 9.53 Å². The number of amides is 1. The molecule has 3 rings (SSSR count). The molecule has 2 aliphatic rings. The second-order valence-corrected chi connectivity index (χ2v) is 6.59. The number of anilines is 1. The molecule has 0 radical (unpaired) electrons. The SMILES string of the molecule is CC1CN(c2ccc(CNC(=O)C3CCNC3)cn2)CC(C)O1.Cl.Cl. The van der Waals surface area contributed by atoms with Crippen LogP contribution in [0.5, 0.6) is 0 Å². The average molecular weight is 391 g/mol. The maximum Gasteiger partial charge on any atom is 0.224 e. The van der Waals surface area contributed by atoms with Crippen LogP contribution in [0.25, 0.3) is 0 Å². The Morgan fingerprint density at radius 3 is 2.60 bits per heavy atom. The highest BCUT2D eigenvalue weighted by molar-refractivity contribution is 5.85. The summed E-state index contributed by atoms with van der Waals surface area (Å²) >= 11 is 0. The first-order valence-corrected chi connectivity index (χ1v) is 8.45. The van der Waals surface area contributed by atoms with E-state index in [0.29, 0.717) is 6.54 Å². The maximum atomic E-state index is 12.0. The molecule has 1 aromatic heterocycles. The highest BCUT2D eigenvalue weighted by atomic mass is 35.5. The number of carbonyl (C=O) groups excluding carboxylic acids is 1. The Morgan fingerprint density at radius 2 is 2.04 bits per heavy atom. The van der Waals surface area contributed by atoms with Gasteiger partial charge >= 0.3 is 0 Å². The second kappa shape index (κ2) is 10.2. The number of hydrogen-bond donors (Lipinski definition) is 2. The first-order valence-electron chi connectivity index (χ1n) is 8.45. The molecule has 2 saturated heterocycles. The minimum absolute atomic E-state index is 0. The predicted molar refractivity (Wildman–Crippen MR) is 104 cm³/mol. The van der Waals surface area contributed by atoms with E-state index in [1.807, 2.05) is 18.3 Å². The Morgan fingerprint density at radius 1 is 1.32 bits per heavy atom. The van der Waals surface area contributed by atoms with Crippen molar-refractivity contribution in [3.05, 3.63) is 23.9 Å². The molecule has 142 valence electrons. The van der Waals surface area contributed by atoms with Gasteiger partial charge in [0, 0.05) is 32.4 Å². The molecule has 0 bridgehead atoms. The van der Waals surface area contributed by atoms with Crippen LogP contribution in [0, 0.1) is 5.92 Å². The Labute approximate surface area is 161 Å². The summed E-state index contributed by atoms with van der Waals surface area (Å²) in [6.45, 7) is 8.17. The predicted octanol–water partition coefficient (Wildman–Crippen LogP) is 1.76. The van der Waals surface area contributed by atoms with Gasteiger partial charge in [-0.3, -0.25) is 4.79 Å². The van der Waals surface area contributed by atoms with Gasteiger partial charge in [-0.15, -0.1) is 24.8 Å². The van der Waals surface area contributed by atoms with Crippen molar-refractivity contribution in [1.29, 1.82) is 0 Å². The topological polar surface area (TPSA) is 66.5 Å². The van der Waals surface area contributed by atoms with Crippen LogP contribution in [-0.4, -0.2) is 49.3 Å². The normalized spacial score (nSPS) is 25.7. The molecule has 3 atom stereocenters. The summed E-state index contributed by atoms with van der Waals surface area (Å²) in [5, 5.41) is 6.21. The van der Waals surface area contributed by atoms with E-state index in [1.165, 1.54) is 0 Å². The largest absolute Gasteiger partial charge is 0.372 e. The van der Waals surface area contributed by atoms with E-state index >= 15 is 0 Å². The van der Waals surface area contributed by atoms with Gasteiger partial charge < -0.3 is 20.3 Å². The maximum absolute atomic E-state index is 12.0. The monoisotopic (exact) mass is 390 g/mol. The van der Waals surface area contributed by atoms with Crippen LogP contribution in [0.2, 0.25) is 0 Å². The van der Waals surface area contributed by atoms with Crippen LogP contribution >= 0.6 is 24.8 Å². The van der Waals surface area contributed by atoms with Crippen LogP contribution in [0.4, 0.5) is 5.82 Å². The highest BCUT2D eigenvalue weighted by Crippen LogP contribution is 2.18. The fourth-order valence-corrected chi connectivity index (χ4v) is 3.29. The lowest BCUT2D eigenvalue weighted by Crippen LogP contribution is -2.45. The third-order valence-electron chi connectivity index (χ3n) is 4.45. The zero-order valence-electron chi connectivity index (χ0n) is 14.7. The Hall–Kier alpha value is -1.08. The van der Waals surface area contributed by atoms with E-state index in [2.05, 4.69) is 34.4 Å². The summed E-state index contributed by atoms with van der Waals surface area (Å²) in [5.41, 5.74) is 1.03. The fourth-order valence-electron chi connectivity index (χ4n) is 3.29. The van der Waals surface area contributed by atoms with E-state index < -0.39 is 0 Å². The molecule has 1 aromatic rings. The summed E-state index contributed by atoms with van der Waals surface area (Å²) in [7, 11) is 0. The smallest absolute Gasteiger partial charge is 0.224 e. The van der Waals surface area contributed by atoms with Crippen LogP contribution in [-0.2, 0) is 16.1 Å². The van der Waals surface area contributed by atoms with Crippen molar-refractivity contribution in [3.63, 3.8) is 0 Å². The molecule has 3 unspecified atom stereocenters. The molecule has 25 heavy (non-hydrogen) atoms. The summed E-state index contributed by atoms with van der Waals surface area (Å²) in [6.07, 6.45) is 3.23. The molecule has 3 heterocycles. The zero-order chi connectivity index (χ0) is 16.2. The van der Waals surface area contributed by atoms with Crippen molar-refractivity contribution in [2.45, 2.75) is 39.0 Å². The molecular weight excluding hydrogens is 363 g/mol. The number of ether oxygens (including phenoxy) is 1. The van der Waals surface area contributed by atoms with E-state index in [1.54, 1.807) is 0 Å². The number of carbonyl (C=O) groups is 1. The lowest BCUT2D eigenvalue weighted by molar-refractivity contribution is -0.124. The molecule has 2 fully saturated rings. The molecule has 1 amide bonds. The van der Waals surface area contributed by atoms with Gasteiger partial charge in [-0.2, -0.15) is 0 Å². The van der Waals surface area contributed by atoms with Gasteiger partial charge in [-0.05, 0) is 38.4 Å². The number of hydrogen-bond acceptors (Lipinski definition) is 5. The van der Waals surface area contributed by atoms with Crippen LogP contribution in [0.3, 0.4) is 0 Å². The summed E-state index contributed by atoms with van der Waals surface area (Å²) < 4.78 is 5.75. The van der Waals surface area contributed by atoms with Gasteiger partial charge in [0.15, 0.2) is 0 Å². The third-order valence-corrected chi connectivity index (χ3v) is 4.45. The standard InChI is InChI=1S/C17H26N4O2.2ClH/c1-12-10-21(11-13(2)23-12)16-4-3-14(7-19-16)8-20-17(22)15-5-6-18-9-15;;/h3-4,7,12-13,15,18H,5-6,8-11H2,1-2H3,(H,20,22);2*1H. The van der Waals surface area contributed by atoms with E-state index in [0.717, 1.165) is 44.0 Å². The number of halogens is 2. The highest BCUT2D eigenvalue weighted by Gasteiger charge is 2.23. The second-order valence-electron chi connectivity index (χ2n) is 6.59. The molecule has 2 aliphatic heterocycles. The fraction of sp³-hybridized carbons (Fsp3) is 0.647. The quantitative estimate of drug-likeness (QED) is 0.819. The van der Waals surface area contributed by atoms with Gasteiger partial charge in [0.1, 0.15) is 5.82 Å². The zero-order valence-corrected chi connectivity index (χ0v) is 16.4.